The Bertz CT molecular complexity index is 1180. The first-order valence-electron chi connectivity index (χ1n) is 8.70. The zero-order valence-corrected chi connectivity index (χ0v) is 14.5. The van der Waals surface area contributed by atoms with E-state index in [0.717, 1.165) is 5.56 Å². The Hall–Kier alpha value is -3.45. The molecule has 2 unspecified atom stereocenters. The van der Waals surface area contributed by atoms with Crippen molar-refractivity contribution in [1.29, 1.82) is 0 Å². The van der Waals surface area contributed by atoms with Crippen LogP contribution in [0.15, 0.2) is 69.6 Å². The summed E-state index contributed by atoms with van der Waals surface area (Å²) >= 11 is 0. The molecule has 2 aliphatic rings. The lowest BCUT2D eigenvalue weighted by atomic mass is 9.87. The van der Waals surface area contributed by atoms with Gasteiger partial charge in [0, 0.05) is 12.4 Å². The summed E-state index contributed by atoms with van der Waals surface area (Å²) < 4.78 is 1.54. The molecule has 3 aromatic rings. The van der Waals surface area contributed by atoms with Gasteiger partial charge in [-0.05, 0) is 17.7 Å². The van der Waals surface area contributed by atoms with E-state index in [2.05, 4.69) is 21.1 Å². The highest BCUT2D eigenvalue weighted by atomic mass is 16.3. The highest BCUT2D eigenvalue weighted by Crippen LogP contribution is 2.35. The van der Waals surface area contributed by atoms with Gasteiger partial charge < -0.3 is 15.1 Å². The normalized spacial score (nSPS) is 20.9. The number of hydrogen-bond donors (Lipinski definition) is 3. The number of pyridine rings is 1. The molecule has 7 nitrogen and oxygen atoms in total. The van der Waals surface area contributed by atoms with Crippen LogP contribution >= 0.6 is 0 Å². The molecule has 5 rings (SSSR count). The van der Waals surface area contributed by atoms with Crippen molar-refractivity contribution in [2.45, 2.75) is 6.04 Å². The molecule has 0 spiro atoms. The minimum atomic E-state index is -0.292. The molecule has 7 heteroatoms. The number of benzene rings is 2. The van der Waals surface area contributed by atoms with E-state index in [4.69, 9.17) is 0 Å². The van der Waals surface area contributed by atoms with E-state index in [0.29, 0.717) is 22.5 Å². The second-order valence-corrected chi connectivity index (χ2v) is 6.71. The number of amidine groups is 1. The smallest absolute Gasteiger partial charge is 0.263 e. The number of aryl methyl sites for hydroxylation is 1. The van der Waals surface area contributed by atoms with Crippen molar-refractivity contribution in [3.63, 3.8) is 0 Å². The fourth-order valence-corrected chi connectivity index (χ4v) is 3.87. The van der Waals surface area contributed by atoms with Crippen molar-refractivity contribution >= 4 is 22.5 Å². The molecule has 2 aliphatic heterocycles. The highest BCUT2D eigenvalue weighted by molar-refractivity contribution is 6.20. The van der Waals surface area contributed by atoms with Gasteiger partial charge in [-0.2, -0.15) is 5.10 Å². The molecule has 2 atom stereocenters. The van der Waals surface area contributed by atoms with Crippen LogP contribution in [0.25, 0.3) is 10.9 Å². The van der Waals surface area contributed by atoms with Gasteiger partial charge in [-0.1, -0.05) is 42.5 Å². The van der Waals surface area contributed by atoms with Crippen molar-refractivity contribution in [2.75, 3.05) is 0 Å². The summed E-state index contributed by atoms with van der Waals surface area (Å²) in [5.74, 6) is 0.322. The van der Waals surface area contributed by atoms with Gasteiger partial charge in [0.15, 0.2) is 0 Å². The Balaban J connectivity index is 1.69. The topological polar surface area (TPSA) is 91.0 Å². The number of hydrogen-bond acceptors (Lipinski definition) is 6. The Morgan fingerprint density at radius 3 is 2.59 bits per heavy atom. The molecule has 1 saturated heterocycles. The van der Waals surface area contributed by atoms with E-state index in [1.54, 1.807) is 13.1 Å². The fraction of sp³-hybridized carbons (Fsp3) is 0.150. The van der Waals surface area contributed by atoms with Crippen molar-refractivity contribution in [3.8, 4) is 5.75 Å². The number of aromatic hydroxyl groups is 1. The largest absolute Gasteiger partial charge is 0.506 e. The third kappa shape index (κ3) is 2.22. The number of para-hydroxylation sites is 1. The number of fused-ring (bicyclic) bond motifs is 2. The molecule has 3 N–H and O–H groups in total. The molecular formula is C20H17N5O2. The van der Waals surface area contributed by atoms with E-state index in [1.165, 1.54) is 4.57 Å². The van der Waals surface area contributed by atoms with Gasteiger partial charge in [-0.3, -0.25) is 4.79 Å². The van der Waals surface area contributed by atoms with Gasteiger partial charge in [-0.15, -0.1) is 5.10 Å². The molecule has 2 aromatic carbocycles. The molecule has 1 fully saturated rings. The molecule has 27 heavy (non-hydrogen) atoms. The van der Waals surface area contributed by atoms with E-state index in [-0.39, 0.29) is 28.8 Å². The van der Waals surface area contributed by atoms with Gasteiger partial charge in [0.2, 0.25) is 0 Å². The summed E-state index contributed by atoms with van der Waals surface area (Å²) in [5.41, 5.74) is 8.37. The van der Waals surface area contributed by atoms with Crippen LogP contribution in [0.4, 0.5) is 0 Å². The molecule has 0 bridgehead atoms. The monoisotopic (exact) mass is 359 g/mol. The van der Waals surface area contributed by atoms with Crippen LogP contribution in [0.2, 0.25) is 0 Å². The lowest BCUT2D eigenvalue weighted by Crippen LogP contribution is -2.32. The summed E-state index contributed by atoms with van der Waals surface area (Å²) in [5, 5.41) is 20.0. The summed E-state index contributed by atoms with van der Waals surface area (Å²) in [7, 11) is 1.70. The van der Waals surface area contributed by atoms with Crippen LogP contribution in [-0.2, 0) is 7.05 Å². The van der Waals surface area contributed by atoms with Gasteiger partial charge >= 0.3 is 0 Å². The molecule has 134 valence electrons. The lowest BCUT2D eigenvalue weighted by molar-refractivity contribution is 0.477. The highest BCUT2D eigenvalue weighted by Gasteiger charge is 2.43. The first kappa shape index (κ1) is 15.8. The second kappa shape index (κ2) is 5.78. The maximum Gasteiger partial charge on any atom is 0.263 e. The first-order chi connectivity index (χ1) is 13.2. The number of rotatable bonds is 2. The maximum absolute atomic E-state index is 13.1. The predicted molar refractivity (Wildman–Crippen MR) is 104 cm³/mol. The van der Waals surface area contributed by atoms with Gasteiger partial charge in [0.1, 0.15) is 17.1 Å². The summed E-state index contributed by atoms with van der Waals surface area (Å²) in [4.78, 5) is 13.1. The quantitative estimate of drug-likeness (QED) is 0.651. The van der Waals surface area contributed by atoms with E-state index >= 15 is 0 Å². The molecule has 0 aliphatic carbocycles. The van der Waals surface area contributed by atoms with Gasteiger partial charge in [0.25, 0.3) is 5.56 Å². The molecule has 0 amide bonds. The van der Waals surface area contributed by atoms with E-state index < -0.39 is 0 Å². The maximum atomic E-state index is 13.1. The lowest BCUT2D eigenvalue weighted by Gasteiger charge is -2.19. The Kier molecular flexibility index (Phi) is 3.38. The molecule has 0 saturated carbocycles. The van der Waals surface area contributed by atoms with Crippen LogP contribution in [0.1, 0.15) is 17.2 Å². The van der Waals surface area contributed by atoms with Crippen molar-refractivity contribution < 1.29 is 5.11 Å². The number of aromatic nitrogens is 1. The van der Waals surface area contributed by atoms with Gasteiger partial charge in [-0.25, -0.2) is 5.43 Å². The van der Waals surface area contributed by atoms with Crippen LogP contribution < -0.4 is 16.4 Å². The Morgan fingerprint density at radius 1 is 1.04 bits per heavy atom. The van der Waals surface area contributed by atoms with Crippen LogP contribution in [-0.4, -0.2) is 21.2 Å². The molecule has 1 aromatic heterocycles. The van der Waals surface area contributed by atoms with Gasteiger partial charge in [0.05, 0.1) is 23.2 Å². The SMILES string of the molecule is Cn1c(=O)c(C2=NN=C3NNC(c4ccccc4)C32)c(O)c2ccccc21. The number of hydrazine groups is 1. The number of nitrogens with zero attached hydrogens (tertiary/aromatic N) is 3. The van der Waals surface area contributed by atoms with E-state index in [9.17, 15) is 9.90 Å². The summed E-state index contributed by atoms with van der Waals surface area (Å²) in [6, 6.07) is 17.0. The fourth-order valence-electron chi connectivity index (χ4n) is 3.87. The Morgan fingerprint density at radius 2 is 1.78 bits per heavy atom. The third-order valence-corrected chi connectivity index (χ3v) is 5.23. The minimum absolute atomic E-state index is 0.0531. The second-order valence-electron chi connectivity index (χ2n) is 6.71. The zero-order valence-electron chi connectivity index (χ0n) is 14.5. The molecule has 3 heterocycles. The number of nitrogens with one attached hydrogen (secondary N) is 2. The minimum Gasteiger partial charge on any atom is -0.506 e. The van der Waals surface area contributed by atoms with Crippen molar-refractivity contribution in [3.05, 3.63) is 76.1 Å². The van der Waals surface area contributed by atoms with Crippen molar-refractivity contribution in [2.24, 2.45) is 23.2 Å². The Labute approximate surface area is 154 Å². The van der Waals surface area contributed by atoms with Crippen LogP contribution in [0.3, 0.4) is 0 Å². The van der Waals surface area contributed by atoms with Crippen molar-refractivity contribution in [1.82, 2.24) is 15.4 Å². The predicted octanol–water partition coefficient (Wildman–Crippen LogP) is 1.83. The average Bonchev–Trinajstić information content (AvgIpc) is 3.30. The third-order valence-electron chi connectivity index (χ3n) is 5.23. The molecular weight excluding hydrogens is 342 g/mol. The first-order valence-corrected chi connectivity index (χ1v) is 8.70. The van der Waals surface area contributed by atoms with E-state index in [1.807, 2.05) is 48.5 Å². The zero-order chi connectivity index (χ0) is 18.5. The standard InChI is InChI=1S/C20H17N5O2/c1-25-13-10-6-5-9-12(13)18(26)15(20(25)27)17-14-16(11-7-3-2-4-8-11)21-23-19(14)24-22-17/h2-10,14,16,21,26H,1H3,(H,23,24). The summed E-state index contributed by atoms with van der Waals surface area (Å²) in [6.45, 7) is 0. The molecule has 0 radical (unpaired) electrons. The summed E-state index contributed by atoms with van der Waals surface area (Å²) in [6.07, 6.45) is 0. The van der Waals surface area contributed by atoms with Crippen LogP contribution in [0.5, 0.6) is 5.75 Å². The van der Waals surface area contributed by atoms with Crippen LogP contribution in [0, 0.1) is 5.92 Å². The average molecular weight is 359 g/mol.